The number of Topliss-reactive ketones (excluding diaryl/α,β-unsaturated/α-hetero) is 1. The molecule has 1 fully saturated rings. The highest BCUT2D eigenvalue weighted by Gasteiger charge is 2.42. The first-order valence-electron chi connectivity index (χ1n) is 3.72. The van der Waals surface area contributed by atoms with E-state index >= 15 is 0 Å². The first-order valence-corrected chi connectivity index (χ1v) is 4.63. The zero-order chi connectivity index (χ0) is 8.01. The molecule has 2 nitrogen and oxygen atoms in total. The van der Waals surface area contributed by atoms with Crippen molar-refractivity contribution in [1.82, 2.24) is 0 Å². The van der Waals surface area contributed by atoms with Crippen LogP contribution in [0.2, 0.25) is 0 Å². The van der Waals surface area contributed by atoms with Crippen molar-refractivity contribution in [2.24, 2.45) is 5.92 Å². The molecule has 0 aromatic carbocycles. The van der Waals surface area contributed by atoms with Crippen molar-refractivity contribution in [2.45, 2.75) is 24.0 Å². The highest BCUT2D eigenvalue weighted by atomic mass is 79.9. The molecule has 60 valence electrons. The molecule has 0 aromatic heterocycles. The molecular weight excluding hydrogens is 208 g/mol. The molecule has 11 heavy (non-hydrogen) atoms. The van der Waals surface area contributed by atoms with E-state index in [9.17, 15) is 4.79 Å². The summed E-state index contributed by atoms with van der Waals surface area (Å²) in [6.07, 6.45) is 3.95. The maximum atomic E-state index is 11.4. The first-order chi connectivity index (χ1) is 5.20. The van der Waals surface area contributed by atoms with Gasteiger partial charge in [-0.15, -0.1) is 0 Å². The van der Waals surface area contributed by atoms with Crippen LogP contribution < -0.4 is 0 Å². The summed E-state index contributed by atoms with van der Waals surface area (Å²) >= 11 is 3.32. The summed E-state index contributed by atoms with van der Waals surface area (Å²) in [5.74, 6) is 0.269. The Bertz CT molecular complexity index is 204. The Labute approximate surface area is 73.7 Å². The van der Waals surface area contributed by atoms with E-state index in [2.05, 4.69) is 15.9 Å². The maximum Gasteiger partial charge on any atom is 0.155 e. The monoisotopic (exact) mass is 216 g/mol. The van der Waals surface area contributed by atoms with Crippen LogP contribution in [-0.4, -0.2) is 22.8 Å². The number of hydrogen-bond donors (Lipinski definition) is 0. The zero-order valence-corrected chi connectivity index (χ0v) is 7.74. The van der Waals surface area contributed by atoms with Gasteiger partial charge in [-0.25, -0.2) is 0 Å². The summed E-state index contributed by atoms with van der Waals surface area (Å²) in [4.78, 5) is 11.3. The Kier molecular flexibility index (Phi) is 1.65. The summed E-state index contributed by atoms with van der Waals surface area (Å²) in [5.41, 5.74) is 0. The van der Waals surface area contributed by atoms with Gasteiger partial charge in [-0.2, -0.15) is 0 Å². The van der Waals surface area contributed by atoms with Crippen LogP contribution in [-0.2, 0) is 9.53 Å². The highest BCUT2D eigenvalue weighted by molar-refractivity contribution is 9.10. The lowest BCUT2D eigenvalue weighted by Gasteiger charge is -2.29. The third kappa shape index (κ3) is 0.983. The average Bonchev–Trinajstić information content (AvgIpc) is 2.44. The molecule has 2 rings (SSSR count). The second-order valence-electron chi connectivity index (χ2n) is 3.04. The van der Waals surface area contributed by atoms with E-state index in [1.165, 1.54) is 0 Å². The molecule has 2 bridgehead atoms. The molecule has 0 spiro atoms. The molecular formula is C8H9BrO2. The maximum absolute atomic E-state index is 11.4. The zero-order valence-electron chi connectivity index (χ0n) is 6.16. The van der Waals surface area contributed by atoms with Crippen molar-refractivity contribution in [2.75, 3.05) is 0 Å². The van der Waals surface area contributed by atoms with Crippen molar-refractivity contribution in [1.29, 1.82) is 0 Å². The van der Waals surface area contributed by atoms with Gasteiger partial charge in [0.15, 0.2) is 5.78 Å². The predicted octanol–water partition coefficient (Wildman–Crippen LogP) is 1.29. The molecule has 0 saturated carbocycles. The molecule has 0 radical (unpaired) electrons. The fourth-order valence-corrected chi connectivity index (χ4v) is 2.23. The normalized spacial score (nSPS) is 48.4. The Morgan fingerprint density at radius 3 is 2.82 bits per heavy atom. The van der Waals surface area contributed by atoms with Crippen LogP contribution in [0, 0.1) is 5.92 Å². The summed E-state index contributed by atoms with van der Waals surface area (Å²) in [6, 6.07) is 0. The van der Waals surface area contributed by atoms with Crippen molar-refractivity contribution < 1.29 is 9.53 Å². The smallest absolute Gasteiger partial charge is 0.155 e. The number of halogens is 1. The minimum absolute atomic E-state index is 0.00868. The Morgan fingerprint density at radius 1 is 1.45 bits per heavy atom. The summed E-state index contributed by atoms with van der Waals surface area (Å²) in [5, 5.41) is 0. The fraction of sp³-hybridized carbons (Fsp3) is 0.625. The molecule has 0 N–H and O–H groups in total. The Balaban J connectivity index is 2.29. The largest absolute Gasteiger partial charge is 0.364 e. The van der Waals surface area contributed by atoms with E-state index < -0.39 is 0 Å². The van der Waals surface area contributed by atoms with Gasteiger partial charge in [-0.3, -0.25) is 4.79 Å². The van der Waals surface area contributed by atoms with Gasteiger partial charge in [0.25, 0.3) is 0 Å². The fourth-order valence-electron chi connectivity index (χ4n) is 1.52. The predicted molar refractivity (Wildman–Crippen MR) is 44.7 cm³/mol. The van der Waals surface area contributed by atoms with Gasteiger partial charge in [0.05, 0.1) is 12.2 Å². The van der Waals surface area contributed by atoms with Gasteiger partial charge in [0.2, 0.25) is 0 Å². The van der Waals surface area contributed by atoms with Gasteiger partial charge in [-0.05, 0) is 0 Å². The van der Waals surface area contributed by atoms with Crippen LogP contribution in [0.3, 0.4) is 0 Å². The molecule has 0 aromatic rings. The number of fused-ring (bicyclic) bond motifs is 2. The molecule has 0 aliphatic carbocycles. The quantitative estimate of drug-likeness (QED) is 0.451. The van der Waals surface area contributed by atoms with Crippen LogP contribution in [0.4, 0.5) is 0 Å². The number of hydrogen-bond acceptors (Lipinski definition) is 2. The molecule has 2 aliphatic heterocycles. The number of ether oxygens (including phenoxy) is 1. The molecule has 0 amide bonds. The highest BCUT2D eigenvalue weighted by Crippen LogP contribution is 2.32. The molecule has 0 unspecified atom stereocenters. The van der Waals surface area contributed by atoms with Crippen molar-refractivity contribution in [3.63, 3.8) is 0 Å². The number of rotatable bonds is 0. The van der Waals surface area contributed by atoms with Crippen molar-refractivity contribution in [3.8, 4) is 0 Å². The molecule has 4 atom stereocenters. The Hall–Kier alpha value is -0.150. The van der Waals surface area contributed by atoms with Gasteiger partial charge < -0.3 is 4.74 Å². The second-order valence-corrected chi connectivity index (χ2v) is 4.03. The average molecular weight is 217 g/mol. The van der Waals surface area contributed by atoms with Crippen molar-refractivity contribution >= 4 is 21.7 Å². The van der Waals surface area contributed by atoms with Crippen molar-refractivity contribution in [3.05, 3.63) is 12.2 Å². The lowest BCUT2D eigenvalue weighted by atomic mass is 9.96. The topological polar surface area (TPSA) is 26.3 Å². The first kappa shape index (κ1) is 7.50. The standard InChI is InChI=1S/C8H9BrO2/c1-4-5-2-3-6(11-5)7(9)8(4)10/h2-7H,1H3/t4-,5-,6+,7+/m1/s1. The Morgan fingerprint density at radius 2 is 2.09 bits per heavy atom. The van der Waals surface area contributed by atoms with Crippen LogP contribution in [0.5, 0.6) is 0 Å². The van der Waals surface area contributed by atoms with Gasteiger partial charge in [-0.1, -0.05) is 35.0 Å². The van der Waals surface area contributed by atoms with E-state index in [1.54, 1.807) is 0 Å². The SMILES string of the molecule is C[C@H]1C(=O)[C@@H](Br)[C@@H]2C=C[C@H]1O2. The molecule has 2 heterocycles. The van der Waals surface area contributed by atoms with E-state index in [0.717, 1.165) is 0 Å². The van der Waals surface area contributed by atoms with Gasteiger partial charge in [0.1, 0.15) is 4.83 Å². The van der Waals surface area contributed by atoms with E-state index in [-0.39, 0.29) is 28.7 Å². The molecule has 3 heteroatoms. The minimum Gasteiger partial charge on any atom is -0.364 e. The number of carbonyl (C=O) groups is 1. The third-order valence-electron chi connectivity index (χ3n) is 2.31. The van der Waals surface area contributed by atoms with Crippen LogP contribution in [0.15, 0.2) is 12.2 Å². The van der Waals surface area contributed by atoms with Crippen LogP contribution in [0.25, 0.3) is 0 Å². The third-order valence-corrected chi connectivity index (χ3v) is 3.28. The number of carbonyl (C=O) groups excluding carboxylic acids is 1. The number of ketones is 1. The molecule has 2 aliphatic rings. The van der Waals surface area contributed by atoms with Crippen LogP contribution in [0.1, 0.15) is 6.92 Å². The lowest BCUT2D eigenvalue weighted by molar-refractivity contribution is -0.133. The lowest BCUT2D eigenvalue weighted by Crippen LogP contribution is -2.42. The van der Waals surface area contributed by atoms with E-state index in [1.807, 2.05) is 19.1 Å². The second kappa shape index (κ2) is 2.42. The molecule has 1 saturated heterocycles. The van der Waals surface area contributed by atoms with Crippen LogP contribution >= 0.6 is 15.9 Å². The van der Waals surface area contributed by atoms with E-state index in [0.29, 0.717) is 0 Å². The number of alkyl halides is 1. The minimum atomic E-state index is -0.132. The summed E-state index contributed by atoms with van der Waals surface area (Å²) < 4.78 is 5.51. The van der Waals surface area contributed by atoms with E-state index in [4.69, 9.17) is 4.74 Å². The van der Waals surface area contributed by atoms with Gasteiger partial charge in [0, 0.05) is 5.92 Å². The summed E-state index contributed by atoms with van der Waals surface area (Å²) in [7, 11) is 0. The van der Waals surface area contributed by atoms with Gasteiger partial charge >= 0.3 is 0 Å². The summed E-state index contributed by atoms with van der Waals surface area (Å²) in [6.45, 7) is 1.91.